The van der Waals surface area contributed by atoms with Crippen LogP contribution in [0, 0.1) is 18.2 Å². The molecule has 1 aliphatic carbocycles. The second-order valence-corrected chi connectivity index (χ2v) is 11.4. The number of ketones is 1. The number of aromatic nitrogens is 3. The second kappa shape index (κ2) is 9.73. The van der Waals surface area contributed by atoms with Crippen LogP contribution in [0.2, 0.25) is 0 Å². The van der Waals surface area contributed by atoms with Crippen LogP contribution in [0.15, 0.2) is 88.2 Å². The minimum absolute atomic E-state index is 0.0773. The number of Topliss-reactive ketones (excluding diaryl/α,β-unsaturated/α-hetero) is 1. The molecule has 3 aromatic rings. The highest BCUT2D eigenvalue weighted by Crippen LogP contribution is 2.47. The lowest BCUT2D eigenvalue weighted by Crippen LogP contribution is -2.53. The number of benzene rings is 1. The van der Waals surface area contributed by atoms with E-state index in [9.17, 15) is 17.6 Å². The predicted octanol–water partition coefficient (Wildman–Crippen LogP) is 3.47. The Morgan fingerprint density at radius 3 is 2.61 bits per heavy atom. The Balaban J connectivity index is 1.62. The monoisotopic (exact) mass is 534 g/mol. The number of aliphatic imine (C=N–C) groups is 1. The van der Waals surface area contributed by atoms with Crippen LogP contribution in [0.25, 0.3) is 0 Å². The van der Waals surface area contributed by atoms with Crippen molar-refractivity contribution in [3.05, 3.63) is 95.5 Å². The van der Waals surface area contributed by atoms with Crippen molar-refractivity contribution in [1.82, 2.24) is 19.1 Å². The van der Waals surface area contributed by atoms with Crippen LogP contribution in [-0.2, 0) is 17.1 Å². The van der Waals surface area contributed by atoms with Gasteiger partial charge in [-0.1, -0.05) is 11.6 Å². The minimum Gasteiger partial charge on any atom is -0.404 e. The molecule has 196 valence electrons. The molecule has 1 aromatic carbocycles. The topological polar surface area (TPSA) is 124 Å². The number of hydrogen-bond donors (Lipinski definition) is 1. The number of allylic oxidation sites excluding steroid dienone is 2. The summed E-state index contributed by atoms with van der Waals surface area (Å²) in [6, 6.07) is 10.8. The molecule has 1 atom stereocenters. The van der Waals surface area contributed by atoms with Crippen LogP contribution in [0.5, 0.6) is 0 Å². The molecule has 11 heteroatoms. The maximum absolute atomic E-state index is 14.1. The average Bonchev–Trinajstić information content (AvgIpc) is 3.27. The average molecular weight is 535 g/mol. The molecule has 5 rings (SSSR count). The van der Waals surface area contributed by atoms with Crippen LogP contribution < -0.4 is 5.73 Å². The molecule has 1 fully saturated rings. The van der Waals surface area contributed by atoms with Crippen molar-refractivity contribution >= 4 is 27.2 Å². The van der Waals surface area contributed by atoms with Crippen molar-refractivity contribution < 1.29 is 17.6 Å². The Labute approximate surface area is 220 Å². The number of halogens is 1. The molecule has 38 heavy (non-hydrogen) atoms. The summed E-state index contributed by atoms with van der Waals surface area (Å²) in [7, 11) is -2.27. The lowest BCUT2D eigenvalue weighted by atomic mass is 9.64. The molecule has 0 unspecified atom stereocenters. The fraction of sp³-hybridized carbons (Fsp3) is 0.259. The van der Waals surface area contributed by atoms with Gasteiger partial charge in [-0.15, -0.1) is 0 Å². The predicted molar refractivity (Wildman–Crippen MR) is 141 cm³/mol. The highest BCUT2D eigenvalue weighted by Gasteiger charge is 2.51. The van der Waals surface area contributed by atoms with Crippen molar-refractivity contribution in [3.8, 4) is 0 Å². The molecule has 1 aliphatic heterocycles. The smallest absolute Gasteiger partial charge is 0.246 e. The Bertz CT molecular complexity index is 1590. The Kier molecular flexibility index (Phi) is 6.58. The Morgan fingerprint density at radius 2 is 1.97 bits per heavy atom. The van der Waals surface area contributed by atoms with Gasteiger partial charge in [0, 0.05) is 32.5 Å². The molecule has 3 heterocycles. The maximum Gasteiger partial charge on any atom is 0.246 e. The van der Waals surface area contributed by atoms with E-state index in [1.807, 2.05) is 6.08 Å². The first-order valence-electron chi connectivity index (χ1n) is 12.1. The number of nitrogens with zero attached hydrogens (tertiary/aromatic N) is 5. The SMILES string of the molecule is Cc1nn(C)cc1S(=O)(=O)N1CCC2=CC(=Nc3ccc(F)cc3)C(=CN)C[C@]2(C(=O)c2ccccn2)C1. The summed E-state index contributed by atoms with van der Waals surface area (Å²) in [6.07, 6.45) is 6.67. The van der Waals surface area contributed by atoms with Crippen molar-refractivity contribution in [2.45, 2.75) is 24.7 Å². The van der Waals surface area contributed by atoms with E-state index in [0.29, 0.717) is 29.1 Å². The Hall–Kier alpha value is -3.96. The van der Waals surface area contributed by atoms with Crippen molar-refractivity contribution in [2.24, 2.45) is 23.2 Å². The molecule has 0 bridgehead atoms. The zero-order chi connectivity index (χ0) is 27.1. The number of sulfonamides is 1. The van der Waals surface area contributed by atoms with E-state index in [1.165, 1.54) is 39.7 Å². The second-order valence-electron chi connectivity index (χ2n) is 9.48. The number of rotatable bonds is 5. The normalized spacial score (nSPS) is 22.3. The van der Waals surface area contributed by atoms with Crippen LogP contribution in [0.4, 0.5) is 10.1 Å². The van der Waals surface area contributed by atoms with Crippen molar-refractivity contribution in [2.75, 3.05) is 13.1 Å². The zero-order valence-electron chi connectivity index (χ0n) is 21.0. The first-order chi connectivity index (χ1) is 18.1. The molecule has 0 saturated carbocycles. The van der Waals surface area contributed by atoms with Crippen LogP contribution in [0.3, 0.4) is 0 Å². The molecule has 0 spiro atoms. The Morgan fingerprint density at radius 1 is 1.21 bits per heavy atom. The molecule has 9 nitrogen and oxygen atoms in total. The van der Waals surface area contributed by atoms with Gasteiger partial charge in [-0.2, -0.15) is 9.40 Å². The molecule has 2 aliphatic rings. The minimum atomic E-state index is -3.93. The summed E-state index contributed by atoms with van der Waals surface area (Å²) in [4.78, 5) is 23.1. The molecular weight excluding hydrogens is 507 g/mol. The number of piperidine rings is 1. The van der Waals surface area contributed by atoms with Gasteiger partial charge in [0.1, 0.15) is 16.4 Å². The highest BCUT2D eigenvalue weighted by molar-refractivity contribution is 7.89. The van der Waals surface area contributed by atoms with E-state index >= 15 is 0 Å². The summed E-state index contributed by atoms with van der Waals surface area (Å²) in [6.45, 7) is 1.75. The van der Waals surface area contributed by atoms with Crippen LogP contribution >= 0.6 is 0 Å². The summed E-state index contributed by atoms with van der Waals surface area (Å²) in [5.41, 5.74) is 7.86. The maximum atomic E-state index is 14.1. The summed E-state index contributed by atoms with van der Waals surface area (Å²) < 4.78 is 43.7. The van der Waals surface area contributed by atoms with Gasteiger partial charge in [0.05, 0.1) is 22.5 Å². The number of carbonyl (C=O) groups is 1. The number of pyridine rings is 1. The molecule has 2 N–H and O–H groups in total. The van der Waals surface area contributed by atoms with E-state index in [2.05, 4.69) is 15.1 Å². The fourth-order valence-corrected chi connectivity index (χ4v) is 6.84. The molecule has 1 saturated heterocycles. The first kappa shape index (κ1) is 25.7. The van der Waals surface area contributed by atoms with E-state index < -0.39 is 15.4 Å². The molecule has 0 radical (unpaired) electrons. The number of aryl methyl sites for hydroxylation is 2. The van der Waals surface area contributed by atoms with Gasteiger partial charge in [-0.25, -0.2) is 17.8 Å². The zero-order valence-corrected chi connectivity index (χ0v) is 21.8. The van der Waals surface area contributed by atoms with E-state index in [0.717, 1.165) is 5.57 Å². The molecule has 0 amide bonds. The van der Waals surface area contributed by atoms with Gasteiger partial charge < -0.3 is 5.73 Å². The molecule has 2 aromatic heterocycles. The summed E-state index contributed by atoms with van der Waals surface area (Å²) in [5, 5.41) is 4.19. The van der Waals surface area contributed by atoms with E-state index in [1.54, 1.807) is 44.3 Å². The van der Waals surface area contributed by atoms with Crippen LogP contribution in [-0.4, -0.2) is 52.1 Å². The quantitative estimate of drug-likeness (QED) is 0.500. The largest absolute Gasteiger partial charge is 0.404 e. The fourth-order valence-electron chi connectivity index (χ4n) is 5.14. The number of fused-ring (bicyclic) bond motifs is 1. The lowest BCUT2D eigenvalue weighted by Gasteiger charge is -2.45. The molecular formula is C27H27FN6O3S. The number of hydrogen-bond acceptors (Lipinski definition) is 7. The summed E-state index contributed by atoms with van der Waals surface area (Å²) >= 11 is 0. The standard InChI is InChI=1S/C27H27FN6O3S/c1-18-25(16-33(2)32-18)38(36,37)34-12-10-20-13-24(31-22-8-6-21(28)7-9-22)19(15-29)14-27(20,17-34)26(35)23-5-3-4-11-30-23/h3-9,11,13,15-16H,10,12,14,17,29H2,1-2H3/t27-/m0/s1. The van der Waals surface area contributed by atoms with Gasteiger partial charge in [0.2, 0.25) is 10.0 Å². The summed E-state index contributed by atoms with van der Waals surface area (Å²) in [5.74, 6) is -0.657. The van der Waals surface area contributed by atoms with Gasteiger partial charge >= 0.3 is 0 Å². The third-order valence-corrected chi connectivity index (χ3v) is 8.97. The van der Waals surface area contributed by atoms with Gasteiger partial charge in [-0.3, -0.25) is 14.5 Å². The van der Waals surface area contributed by atoms with Crippen molar-refractivity contribution in [3.63, 3.8) is 0 Å². The third-order valence-electron chi connectivity index (χ3n) is 7.02. The number of nitrogens with two attached hydrogens (primary N) is 1. The van der Waals surface area contributed by atoms with Gasteiger partial charge in [-0.05, 0) is 74.0 Å². The van der Waals surface area contributed by atoms with E-state index in [4.69, 9.17) is 5.73 Å². The van der Waals surface area contributed by atoms with E-state index in [-0.39, 0.29) is 41.7 Å². The first-order valence-corrected chi connectivity index (χ1v) is 13.5. The van der Waals surface area contributed by atoms with Crippen LogP contribution in [0.1, 0.15) is 29.0 Å². The van der Waals surface area contributed by atoms with Crippen molar-refractivity contribution in [1.29, 1.82) is 0 Å². The highest BCUT2D eigenvalue weighted by atomic mass is 32.2. The lowest BCUT2D eigenvalue weighted by molar-refractivity contribution is 0.0770. The number of carbonyl (C=O) groups excluding carboxylic acids is 1. The van der Waals surface area contributed by atoms with Gasteiger partial charge in [0.15, 0.2) is 5.78 Å². The van der Waals surface area contributed by atoms with Gasteiger partial charge in [0.25, 0.3) is 0 Å². The third kappa shape index (κ3) is 4.48.